The molecular formula is C13H18O4. The van der Waals surface area contributed by atoms with Crippen LogP contribution in [0.3, 0.4) is 0 Å². The number of carboxylic acid groups (broad SMARTS) is 1. The third-order valence-corrected chi connectivity index (χ3v) is 3.24. The topological polar surface area (TPSA) is 59.7 Å². The van der Waals surface area contributed by atoms with Gasteiger partial charge in [-0.05, 0) is 25.0 Å². The molecule has 1 aliphatic heterocycles. The standard InChI is InChI=1S/C13H18O4/c1-9(8-13(14)15)11-2-3-12(17-11)10-4-6-16-7-5-10/h2-3,9-10H,4-8H2,1H3,(H,14,15). The van der Waals surface area contributed by atoms with Gasteiger partial charge in [0.25, 0.3) is 0 Å². The molecule has 1 saturated heterocycles. The molecule has 1 aromatic rings. The summed E-state index contributed by atoms with van der Waals surface area (Å²) in [6.07, 6.45) is 2.08. The van der Waals surface area contributed by atoms with Crippen LogP contribution < -0.4 is 0 Å². The van der Waals surface area contributed by atoms with E-state index in [1.54, 1.807) is 0 Å². The van der Waals surface area contributed by atoms with E-state index >= 15 is 0 Å². The van der Waals surface area contributed by atoms with Gasteiger partial charge in [-0.3, -0.25) is 4.79 Å². The maximum atomic E-state index is 10.6. The zero-order valence-corrected chi connectivity index (χ0v) is 10.0. The van der Waals surface area contributed by atoms with Crippen LogP contribution in [0.1, 0.15) is 49.5 Å². The Kier molecular flexibility index (Phi) is 3.84. The van der Waals surface area contributed by atoms with Gasteiger partial charge in [0.05, 0.1) is 6.42 Å². The van der Waals surface area contributed by atoms with Crippen molar-refractivity contribution in [1.29, 1.82) is 0 Å². The monoisotopic (exact) mass is 238 g/mol. The molecule has 1 aliphatic rings. The first-order chi connectivity index (χ1) is 8.16. The van der Waals surface area contributed by atoms with Gasteiger partial charge in [-0.25, -0.2) is 0 Å². The lowest BCUT2D eigenvalue weighted by Gasteiger charge is -2.20. The normalized spacial score (nSPS) is 19.1. The molecule has 1 unspecified atom stereocenters. The molecule has 0 aliphatic carbocycles. The summed E-state index contributed by atoms with van der Waals surface area (Å²) >= 11 is 0. The molecular weight excluding hydrogens is 220 g/mol. The lowest BCUT2D eigenvalue weighted by Crippen LogP contribution is -2.13. The Morgan fingerprint density at radius 1 is 1.47 bits per heavy atom. The maximum absolute atomic E-state index is 10.6. The molecule has 1 N–H and O–H groups in total. The fourth-order valence-corrected chi connectivity index (χ4v) is 2.20. The first-order valence-corrected chi connectivity index (χ1v) is 6.06. The van der Waals surface area contributed by atoms with Crippen molar-refractivity contribution in [2.24, 2.45) is 0 Å². The van der Waals surface area contributed by atoms with Crippen molar-refractivity contribution < 1.29 is 19.1 Å². The number of aliphatic carboxylic acids is 1. The zero-order valence-electron chi connectivity index (χ0n) is 10.0. The van der Waals surface area contributed by atoms with E-state index in [1.807, 2.05) is 19.1 Å². The van der Waals surface area contributed by atoms with Crippen molar-refractivity contribution in [1.82, 2.24) is 0 Å². The highest BCUT2D eigenvalue weighted by Crippen LogP contribution is 2.31. The van der Waals surface area contributed by atoms with Crippen LogP contribution in [0.15, 0.2) is 16.5 Å². The highest BCUT2D eigenvalue weighted by molar-refractivity contribution is 5.67. The maximum Gasteiger partial charge on any atom is 0.304 e. The Hall–Kier alpha value is -1.29. The first kappa shape index (κ1) is 12.2. The molecule has 0 spiro atoms. The predicted molar refractivity (Wildman–Crippen MR) is 62.2 cm³/mol. The predicted octanol–water partition coefficient (Wildman–Crippen LogP) is 2.75. The molecule has 0 bridgehead atoms. The van der Waals surface area contributed by atoms with Crippen molar-refractivity contribution in [3.8, 4) is 0 Å². The van der Waals surface area contributed by atoms with Crippen LogP contribution in [0, 0.1) is 0 Å². The average molecular weight is 238 g/mol. The molecule has 4 nitrogen and oxygen atoms in total. The molecule has 0 amide bonds. The minimum absolute atomic E-state index is 0.0684. The van der Waals surface area contributed by atoms with E-state index in [4.69, 9.17) is 14.3 Å². The van der Waals surface area contributed by atoms with Crippen LogP contribution in [0.5, 0.6) is 0 Å². The number of hydrogen-bond donors (Lipinski definition) is 1. The van der Waals surface area contributed by atoms with Crippen molar-refractivity contribution >= 4 is 5.97 Å². The third kappa shape index (κ3) is 3.09. The van der Waals surface area contributed by atoms with E-state index in [-0.39, 0.29) is 12.3 Å². The van der Waals surface area contributed by atoms with E-state index < -0.39 is 5.97 Å². The van der Waals surface area contributed by atoms with Gasteiger partial charge in [-0.15, -0.1) is 0 Å². The van der Waals surface area contributed by atoms with Gasteiger partial charge in [0.15, 0.2) is 0 Å². The van der Waals surface area contributed by atoms with E-state index in [1.165, 1.54) is 0 Å². The lowest BCUT2D eigenvalue weighted by molar-refractivity contribution is -0.137. The minimum Gasteiger partial charge on any atom is -0.481 e. The Morgan fingerprint density at radius 2 is 2.18 bits per heavy atom. The number of carbonyl (C=O) groups is 1. The molecule has 2 rings (SSSR count). The van der Waals surface area contributed by atoms with Gasteiger partial charge < -0.3 is 14.3 Å². The van der Waals surface area contributed by atoms with Gasteiger partial charge in [-0.1, -0.05) is 6.92 Å². The summed E-state index contributed by atoms with van der Waals surface area (Å²) in [5.74, 6) is 1.31. The molecule has 0 aromatic carbocycles. The largest absolute Gasteiger partial charge is 0.481 e. The van der Waals surface area contributed by atoms with E-state index in [2.05, 4.69) is 0 Å². The van der Waals surface area contributed by atoms with Gasteiger partial charge in [0, 0.05) is 25.0 Å². The van der Waals surface area contributed by atoms with Crippen LogP contribution in [-0.4, -0.2) is 24.3 Å². The van der Waals surface area contributed by atoms with Crippen LogP contribution in [0.2, 0.25) is 0 Å². The zero-order chi connectivity index (χ0) is 12.3. The SMILES string of the molecule is CC(CC(=O)O)c1ccc(C2CCOCC2)o1. The summed E-state index contributed by atoms with van der Waals surface area (Å²) in [4.78, 5) is 10.6. The quantitative estimate of drug-likeness (QED) is 0.876. The second kappa shape index (κ2) is 5.36. The van der Waals surface area contributed by atoms with Crippen LogP contribution in [-0.2, 0) is 9.53 Å². The van der Waals surface area contributed by atoms with Crippen LogP contribution in [0.4, 0.5) is 0 Å². The summed E-state index contributed by atoms with van der Waals surface area (Å²) in [5, 5.41) is 8.74. The summed E-state index contributed by atoms with van der Waals surface area (Å²) in [6, 6.07) is 3.88. The second-order valence-electron chi connectivity index (χ2n) is 4.63. The Morgan fingerprint density at radius 3 is 2.82 bits per heavy atom. The highest BCUT2D eigenvalue weighted by Gasteiger charge is 2.21. The van der Waals surface area contributed by atoms with Gasteiger partial charge in [0.1, 0.15) is 11.5 Å². The molecule has 1 aromatic heterocycles. The van der Waals surface area contributed by atoms with Crippen molar-refractivity contribution in [2.75, 3.05) is 13.2 Å². The van der Waals surface area contributed by atoms with Crippen molar-refractivity contribution in [2.45, 2.75) is 38.0 Å². The average Bonchev–Trinajstić information content (AvgIpc) is 2.78. The first-order valence-electron chi connectivity index (χ1n) is 6.06. The van der Waals surface area contributed by atoms with E-state index in [9.17, 15) is 4.79 Å². The lowest BCUT2D eigenvalue weighted by atomic mass is 9.98. The van der Waals surface area contributed by atoms with Crippen molar-refractivity contribution in [3.05, 3.63) is 23.7 Å². The molecule has 1 atom stereocenters. The Balaban J connectivity index is 2.01. The number of hydrogen-bond acceptors (Lipinski definition) is 3. The molecule has 0 radical (unpaired) electrons. The van der Waals surface area contributed by atoms with Crippen LogP contribution in [0.25, 0.3) is 0 Å². The van der Waals surface area contributed by atoms with E-state index in [0.29, 0.717) is 5.92 Å². The molecule has 4 heteroatoms. The number of furan rings is 1. The van der Waals surface area contributed by atoms with Gasteiger partial charge in [-0.2, -0.15) is 0 Å². The summed E-state index contributed by atoms with van der Waals surface area (Å²) in [5.41, 5.74) is 0. The Bertz CT molecular complexity index is 377. The van der Waals surface area contributed by atoms with Crippen LogP contribution >= 0.6 is 0 Å². The van der Waals surface area contributed by atoms with Crippen molar-refractivity contribution in [3.63, 3.8) is 0 Å². The van der Waals surface area contributed by atoms with Gasteiger partial charge >= 0.3 is 5.97 Å². The molecule has 0 saturated carbocycles. The fourth-order valence-electron chi connectivity index (χ4n) is 2.20. The number of ether oxygens (including phenoxy) is 1. The second-order valence-corrected chi connectivity index (χ2v) is 4.63. The van der Waals surface area contributed by atoms with Gasteiger partial charge in [0.2, 0.25) is 0 Å². The third-order valence-electron chi connectivity index (χ3n) is 3.24. The number of carboxylic acids is 1. The summed E-state index contributed by atoms with van der Waals surface area (Å²) in [6.45, 7) is 3.44. The fraction of sp³-hybridized carbons (Fsp3) is 0.615. The smallest absolute Gasteiger partial charge is 0.304 e. The Labute approximate surface area is 101 Å². The molecule has 94 valence electrons. The summed E-state index contributed by atoms with van der Waals surface area (Å²) in [7, 11) is 0. The highest BCUT2D eigenvalue weighted by atomic mass is 16.5. The molecule has 1 fully saturated rings. The molecule has 17 heavy (non-hydrogen) atoms. The summed E-state index contributed by atoms with van der Waals surface area (Å²) < 4.78 is 11.1. The van der Waals surface area contributed by atoms with E-state index in [0.717, 1.165) is 37.6 Å². The minimum atomic E-state index is -0.790. The molecule has 2 heterocycles. The number of rotatable bonds is 4.